The molecule has 9 heteroatoms. The lowest BCUT2D eigenvalue weighted by atomic mass is 10.1. The summed E-state index contributed by atoms with van der Waals surface area (Å²) < 4.78 is 27.8. The number of pyridine rings is 1. The molecular weight excluding hydrogens is 466 g/mol. The molecule has 1 heterocycles. The quantitative estimate of drug-likeness (QED) is 0.191. The fourth-order valence-corrected chi connectivity index (χ4v) is 4.90. The van der Waals surface area contributed by atoms with E-state index in [4.69, 9.17) is 5.84 Å². The predicted molar refractivity (Wildman–Crippen MR) is 125 cm³/mol. The van der Waals surface area contributed by atoms with Crippen LogP contribution in [0.3, 0.4) is 0 Å². The van der Waals surface area contributed by atoms with Gasteiger partial charge in [0.2, 0.25) is 10.0 Å². The first-order valence-electron chi connectivity index (χ1n) is 9.97. The van der Waals surface area contributed by atoms with Crippen LogP contribution in [0.5, 0.6) is 0 Å². The number of nitrogens with zero attached hydrogens (tertiary/aromatic N) is 3. The van der Waals surface area contributed by atoms with Gasteiger partial charge < -0.3 is 5.84 Å². The van der Waals surface area contributed by atoms with Gasteiger partial charge in [-0.3, -0.25) is 9.98 Å². The van der Waals surface area contributed by atoms with Gasteiger partial charge in [-0.2, -0.15) is 5.10 Å². The summed E-state index contributed by atoms with van der Waals surface area (Å²) in [7, 11) is -3.46. The number of hydrogen-bond donors (Lipinski definition) is 2. The van der Waals surface area contributed by atoms with Crippen LogP contribution in [0.25, 0.3) is 0 Å². The molecule has 0 spiro atoms. The average Bonchev–Trinajstić information content (AvgIpc) is 2.75. The van der Waals surface area contributed by atoms with E-state index in [0.717, 1.165) is 50.6 Å². The van der Waals surface area contributed by atoms with Gasteiger partial charge >= 0.3 is 0 Å². The van der Waals surface area contributed by atoms with Gasteiger partial charge in [0.15, 0.2) is 0 Å². The molecule has 0 amide bonds. The lowest BCUT2D eigenvalue weighted by molar-refractivity contribution is 0.565. The molecule has 1 aromatic heterocycles. The number of benzene rings is 1. The minimum atomic E-state index is -3.46. The fourth-order valence-electron chi connectivity index (χ4n) is 2.83. The lowest BCUT2D eigenvalue weighted by Gasteiger charge is -2.08. The first kappa shape index (κ1) is 24.2. The first-order chi connectivity index (χ1) is 14.5. The smallest absolute Gasteiger partial charge is 0.241 e. The van der Waals surface area contributed by atoms with Crippen molar-refractivity contribution in [3.63, 3.8) is 0 Å². The van der Waals surface area contributed by atoms with E-state index in [1.807, 2.05) is 12.1 Å². The maximum atomic E-state index is 12.3. The Balaban J connectivity index is 1.54. The number of nitrogens with two attached hydrogens (primary N) is 1. The van der Waals surface area contributed by atoms with Gasteiger partial charge in [0, 0.05) is 41.7 Å². The monoisotopic (exact) mass is 493 g/mol. The van der Waals surface area contributed by atoms with Crippen molar-refractivity contribution in [2.75, 3.05) is 13.1 Å². The highest BCUT2D eigenvalue weighted by Crippen LogP contribution is 2.20. The highest BCUT2D eigenvalue weighted by Gasteiger charge is 2.15. The number of aromatic nitrogens is 1. The Labute approximate surface area is 187 Å². The van der Waals surface area contributed by atoms with Crippen molar-refractivity contribution < 1.29 is 8.42 Å². The summed E-state index contributed by atoms with van der Waals surface area (Å²) in [6.45, 7) is 1.18. The summed E-state index contributed by atoms with van der Waals surface area (Å²) in [5.74, 6) is 5.42. The second kappa shape index (κ2) is 13.3. The molecule has 0 saturated heterocycles. The fraction of sp³-hybridized carbons (Fsp3) is 0.381. The Hall–Kier alpha value is -2.10. The van der Waals surface area contributed by atoms with Crippen molar-refractivity contribution in [1.29, 1.82) is 0 Å². The van der Waals surface area contributed by atoms with Gasteiger partial charge in [0.1, 0.15) is 5.71 Å². The van der Waals surface area contributed by atoms with Crippen molar-refractivity contribution in [1.82, 2.24) is 9.71 Å². The van der Waals surface area contributed by atoms with E-state index >= 15 is 0 Å². The number of hydrazone groups is 1. The highest BCUT2D eigenvalue weighted by atomic mass is 79.9. The molecule has 0 radical (unpaired) electrons. The van der Waals surface area contributed by atoms with Crippen LogP contribution >= 0.6 is 15.9 Å². The molecule has 0 bridgehead atoms. The van der Waals surface area contributed by atoms with Crippen LogP contribution in [0.2, 0.25) is 0 Å². The molecule has 3 N–H and O–H groups in total. The molecule has 0 aliphatic rings. The molecule has 0 saturated carbocycles. The Morgan fingerprint density at radius 2 is 1.80 bits per heavy atom. The number of aliphatic imine (C=N–C) groups is 1. The maximum Gasteiger partial charge on any atom is 0.241 e. The normalized spacial score (nSPS) is 12.5. The van der Waals surface area contributed by atoms with Crippen LogP contribution in [-0.4, -0.2) is 38.4 Å². The lowest BCUT2D eigenvalue weighted by Crippen LogP contribution is -2.25. The molecule has 0 atom stereocenters. The highest BCUT2D eigenvalue weighted by molar-refractivity contribution is 9.10. The molecule has 7 nitrogen and oxygen atoms in total. The largest absolute Gasteiger partial charge is 0.323 e. The second-order valence-corrected chi connectivity index (χ2v) is 9.33. The third-order valence-corrected chi connectivity index (χ3v) is 6.92. The van der Waals surface area contributed by atoms with E-state index in [2.05, 4.69) is 35.7 Å². The van der Waals surface area contributed by atoms with E-state index in [1.165, 1.54) is 0 Å². The Bertz CT molecular complexity index is 933. The topological polar surface area (TPSA) is 110 Å². The van der Waals surface area contributed by atoms with Crippen molar-refractivity contribution in [3.05, 3.63) is 58.8 Å². The summed E-state index contributed by atoms with van der Waals surface area (Å²) in [5, 5.41) is 3.75. The zero-order valence-corrected chi connectivity index (χ0v) is 19.3. The SMILES string of the molecule is NN=C(C=NCCCCCCCCNS(=O)(=O)c1ccccc1Br)c1cccnc1. The maximum absolute atomic E-state index is 12.3. The molecule has 2 rings (SSSR count). The summed E-state index contributed by atoms with van der Waals surface area (Å²) in [5.41, 5.74) is 1.46. The summed E-state index contributed by atoms with van der Waals surface area (Å²) in [6, 6.07) is 10.5. The van der Waals surface area contributed by atoms with Gasteiger partial charge in [-0.05, 0) is 53.0 Å². The molecule has 0 unspecified atom stereocenters. The third-order valence-electron chi connectivity index (χ3n) is 4.44. The van der Waals surface area contributed by atoms with Crippen molar-refractivity contribution >= 4 is 37.9 Å². The average molecular weight is 494 g/mol. The zero-order valence-electron chi connectivity index (χ0n) is 16.9. The molecule has 1 aromatic carbocycles. The van der Waals surface area contributed by atoms with E-state index < -0.39 is 10.0 Å². The minimum absolute atomic E-state index is 0.275. The van der Waals surface area contributed by atoms with Gasteiger partial charge in [0.25, 0.3) is 0 Å². The zero-order chi connectivity index (χ0) is 21.7. The van der Waals surface area contributed by atoms with Crippen LogP contribution in [0.4, 0.5) is 0 Å². The molecule has 0 fully saturated rings. The van der Waals surface area contributed by atoms with E-state index in [0.29, 0.717) is 16.7 Å². The van der Waals surface area contributed by atoms with Crippen molar-refractivity contribution in [3.8, 4) is 0 Å². The minimum Gasteiger partial charge on any atom is -0.323 e. The second-order valence-electron chi connectivity index (χ2n) is 6.74. The molecular formula is C21H28BrN5O2S. The van der Waals surface area contributed by atoms with Crippen LogP contribution in [0.1, 0.15) is 44.1 Å². The summed E-state index contributed by atoms with van der Waals surface area (Å²) >= 11 is 3.28. The van der Waals surface area contributed by atoms with Crippen LogP contribution < -0.4 is 10.6 Å². The van der Waals surface area contributed by atoms with Gasteiger partial charge in [-0.1, -0.05) is 37.8 Å². The first-order valence-corrected chi connectivity index (χ1v) is 12.2. The van der Waals surface area contributed by atoms with Crippen LogP contribution in [0.15, 0.2) is 68.3 Å². The van der Waals surface area contributed by atoms with Gasteiger partial charge in [-0.25, -0.2) is 13.1 Å². The number of unbranched alkanes of at least 4 members (excludes halogenated alkanes) is 5. The van der Waals surface area contributed by atoms with Crippen molar-refractivity contribution in [2.45, 2.75) is 43.4 Å². The van der Waals surface area contributed by atoms with Crippen molar-refractivity contribution in [2.24, 2.45) is 15.9 Å². The Morgan fingerprint density at radius 3 is 2.50 bits per heavy atom. The van der Waals surface area contributed by atoms with E-state index in [-0.39, 0.29) is 4.90 Å². The third kappa shape index (κ3) is 8.33. The Kier molecular flexibility index (Phi) is 10.7. The molecule has 0 aliphatic heterocycles. The van der Waals surface area contributed by atoms with Gasteiger partial charge in [-0.15, -0.1) is 0 Å². The number of sulfonamides is 1. The van der Waals surface area contributed by atoms with Crippen LogP contribution in [0, 0.1) is 0 Å². The molecule has 162 valence electrons. The number of hydrogen-bond acceptors (Lipinski definition) is 6. The molecule has 0 aliphatic carbocycles. The van der Waals surface area contributed by atoms with Gasteiger partial charge in [0.05, 0.1) is 4.90 Å². The summed E-state index contributed by atoms with van der Waals surface area (Å²) in [4.78, 5) is 8.71. The van der Waals surface area contributed by atoms with Crippen LogP contribution in [-0.2, 0) is 10.0 Å². The molecule has 30 heavy (non-hydrogen) atoms. The predicted octanol–water partition coefficient (Wildman–Crippen LogP) is 3.90. The molecule has 2 aromatic rings. The standard InChI is InChI=1S/C21H28BrN5O2S/c22-19-11-5-6-12-21(19)30(28,29)26-15-8-4-2-1-3-7-13-25-17-20(27-23)18-10-9-14-24-16-18/h5-6,9-12,14,16-17,26H,1-4,7-8,13,15,23H2. The Morgan fingerprint density at radius 1 is 1.07 bits per heavy atom. The number of nitrogens with one attached hydrogen (secondary N) is 1. The van der Waals surface area contributed by atoms with E-state index in [1.54, 1.807) is 42.9 Å². The number of halogens is 1. The van der Waals surface area contributed by atoms with E-state index in [9.17, 15) is 8.42 Å². The summed E-state index contributed by atoms with van der Waals surface area (Å²) in [6.07, 6.45) is 11.2. The number of rotatable bonds is 13.